The van der Waals surface area contributed by atoms with Gasteiger partial charge in [-0.25, -0.2) is 4.79 Å². The van der Waals surface area contributed by atoms with E-state index in [0.29, 0.717) is 6.54 Å². The molecule has 0 bridgehead atoms. The number of hydrogen-bond donors (Lipinski definition) is 2. The highest BCUT2D eigenvalue weighted by molar-refractivity contribution is 5.75. The second-order valence-electron chi connectivity index (χ2n) is 7.77. The first-order chi connectivity index (χ1) is 11.9. The first-order valence-electron chi connectivity index (χ1n) is 9.29. The number of nitrogens with one attached hydrogen (secondary N) is 2. The lowest BCUT2D eigenvalue weighted by molar-refractivity contribution is -0.00908. The Balaban J connectivity index is 1.62. The summed E-state index contributed by atoms with van der Waals surface area (Å²) >= 11 is 0. The lowest BCUT2D eigenvalue weighted by Crippen LogP contribution is -2.56. The molecule has 2 aliphatic heterocycles. The molecule has 1 aromatic heterocycles. The van der Waals surface area contributed by atoms with E-state index in [-0.39, 0.29) is 17.6 Å². The fourth-order valence-corrected chi connectivity index (χ4v) is 4.03. The van der Waals surface area contributed by atoms with E-state index in [9.17, 15) is 4.79 Å². The van der Waals surface area contributed by atoms with Crippen molar-refractivity contribution in [3.8, 4) is 0 Å². The molecule has 1 atom stereocenters. The van der Waals surface area contributed by atoms with Gasteiger partial charge in [-0.15, -0.1) is 0 Å². The highest BCUT2D eigenvalue weighted by Crippen LogP contribution is 2.34. The first-order valence-corrected chi connectivity index (χ1v) is 9.29. The first kappa shape index (κ1) is 18.2. The lowest BCUT2D eigenvalue weighted by atomic mass is 10.0. The predicted molar refractivity (Wildman–Crippen MR) is 96.6 cm³/mol. The number of aromatic nitrogens is 2. The summed E-state index contributed by atoms with van der Waals surface area (Å²) in [4.78, 5) is 17.2. The topological polar surface area (TPSA) is 73.5 Å². The Kier molecular flexibility index (Phi) is 5.34. The summed E-state index contributed by atoms with van der Waals surface area (Å²) in [6.07, 6.45) is 2.04. The molecule has 2 fully saturated rings. The van der Waals surface area contributed by atoms with Crippen LogP contribution in [-0.4, -0.2) is 71.0 Å². The number of nitrogens with zero attached hydrogens (tertiary/aromatic N) is 3. The number of urea groups is 1. The Labute approximate surface area is 150 Å². The van der Waals surface area contributed by atoms with Gasteiger partial charge in [-0.05, 0) is 40.5 Å². The van der Waals surface area contributed by atoms with Crippen molar-refractivity contribution >= 4 is 6.03 Å². The highest BCUT2D eigenvalue weighted by atomic mass is 16.5. The molecule has 0 aliphatic carbocycles. The number of H-pyrrole nitrogens is 1. The van der Waals surface area contributed by atoms with E-state index in [0.717, 1.165) is 57.1 Å². The molecule has 0 aromatic carbocycles. The third kappa shape index (κ3) is 3.82. The van der Waals surface area contributed by atoms with Gasteiger partial charge in [0, 0.05) is 43.0 Å². The van der Waals surface area contributed by atoms with Gasteiger partial charge in [0.25, 0.3) is 0 Å². The molecule has 25 heavy (non-hydrogen) atoms. The predicted octanol–water partition coefficient (Wildman–Crippen LogP) is 1.98. The maximum atomic E-state index is 12.8. The molecule has 1 aromatic rings. The minimum absolute atomic E-state index is 0.0313. The SMILES string of the molecule is Cc1n[nH]c(C)c1[C@@H]1CCCN1C(=O)NCC(C)(C)N1CCOCC1. The quantitative estimate of drug-likeness (QED) is 0.872. The standard InChI is InChI=1S/C18H31N5O2/c1-13-16(14(2)21-20-13)15-6-5-7-23(15)17(24)19-12-18(3,4)22-8-10-25-11-9-22/h15H,5-12H2,1-4H3,(H,19,24)(H,20,21)/t15-/m0/s1. The molecule has 0 spiro atoms. The van der Waals surface area contributed by atoms with Crippen molar-refractivity contribution in [2.45, 2.75) is 52.1 Å². The van der Waals surface area contributed by atoms with Gasteiger partial charge in [-0.1, -0.05) is 0 Å². The molecule has 3 rings (SSSR count). The molecular weight excluding hydrogens is 318 g/mol. The number of carbonyl (C=O) groups is 1. The molecule has 2 aliphatic rings. The Hall–Kier alpha value is -1.60. The van der Waals surface area contributed by atoms with Crippen LogP contribution in [0.5, 0.6) is 0 Å². The normalized spacial score (nSPS) is 22.4. The fourth-order valence-electron chi connectivity index (χ4n) is 4.03. The second-order valence-corrected chi connectivity index (χ2v) is 7.77. The zero-order chi connectivity index (χ0) is 18.0. The number of rotatable bonds is 4. The van der Waals surface area contributed by atoms with Gasteiger partial charge in [0.1, 0.15) is 0 Å². The number of amides is 2. The summed E-state index contributed by atoms with van der Waals surface area (Å²) in [7, 11) is 0. The summed E-state index contributed by atoms with van der Waals surface area (Å²) < 4.78 is 5.43. The molecule has 140 valence electrons. The molecule has 0 radical (unpaired) electrons. The van der Waals surface area contributed by atoms with E-state index in [1.165, 1.54) is 5.56 Å². The molecule has 0 saturated carbocycles. The monoisotopic (exact) mass is 349 g/mol. The molecule has 0 unspecified atom stereocenters. The molecule has 7 nitrogen and oxygen atoms in total. The number of likely N-dealkylation sites (tertiary alicyclic amines) is 1. The minimum Gasteiger partial charge on any atom is -0.379 e. The zero-order valence-electron chi connectivity index (χ0n) is 15.9. The van der Waals surface area contributed by atoms with Gasteiger partial charge in [-0.3, -0.25) is 10.00 Å². The summed E-state index contributed by atoms with van der Waals surface area (Å²) in [6, 6.07) is 0.161. The molecule has 2 saturated heterocycles. The fraction of sp³-hybridized carbons (Fsp3) is 0.778. The van der Waals surface area contributed by atoms with Crippen LogP contribution in [0.3, 0.4) is 0 Å². The van der Waals surface area contributed by atoms with Crippen molar-refractivity contribution in [1.29, 1.82) is 0 Å². The van der Waals surface area contributed by atoms with E-state index in [1.54, 1.807) is 0 Å². The Morgan fingerprint density at radius 3 is 2.68 bits per heavy atom. The summed E-state index contributed by atoms with van der Waals surface area (Å²) in [5, 5.41) is 10.5. The van der Waals surface area contributed by atoms with Crippen LogP contribution >= 0.6 is 0 Å². The number of hydrogen-bond acceptors (Lipinski definition) is 4. The van der Waals surface area contributed by atoms with Gasteiger partial charge in [-0.2, -0.15) is 5.10 Å². The van der Waals surface area contributed by atoms with E-state index in [2.05, 4.69) is 34.3 Å². The van der Waals surface area contributed by atoms with Crippen molar-refractivity contribution in [2.24, 2.45) is 0 Å². The van der Waals surface area contributed by atoms with Crippen LogP contribution in [0.4, 0.5) is 4.79 Å². The van der Waals surface area contributed by atoms with Gasteiger partial charge in [0.05, 0.1) is 24.9 Å². The van der Waals surface area contributed by atoms with E-state index < -0.39 is 0 Å². The zero-order valence-corrected chi connectivity index (χ0v) is 15.9. The van der Waals surface area contributed by atoms with E-state index >= 15 is 0 Å². The van der Waals surface area contributed by atoms with Crippen LogP contribution in [0.2, 0.25) is 0 Å². The maximum absolute atomic E-state index is 12.8. The Morgan fingerprint density at radius 2 is 2.04 bits per heavy atom. The third-order valence-corrected chi connectivity index (χ3v) is 5.57. The Bertz CT molecular complexity index is 587. The Morgan fingerprint density at radius 1 is 1.32 bits per heavy atom. The second kappa shape index (κ2) is 7.33. The lowest BCUT2D eigenvalue weighted by Gasteiger charge is -2.41. The van der Waals surface area contributed by atoms with Crippen molar-refractivity contribution in [2.75, 3.05) is 39.4 Å². The molecule has 2 amide bonds. The van der Waals surface area contributed by atoms with Gasteiger partial charge >= 0.3 is 6.03 Å². The number of aryl methyl sites for hydroxylation is 2. The number of ether oxygens (including phenoxy) is 1. The average Bonchev–Trinajstić information content (AvgIpc) is 3.20. The average molecular weight is 349 g/mol. The number of morpholine rings is 1. The number of aromatic amines is 1. The highest BCUT2D eigenvalue weighted by Gasteiger charge is 2.34. The van der Waals surface area contributed by atoms with E-state index in [1.807, 2.05) is 18.7 Å². The molecule has 7 heteroatoms. The van der Waals surface area contributed by atoms with Gasteiger partial charge in [0.2, 0.25) is 0 Å². The molecular formula is C18H31N5O2. The van der Waals surface area contributed by atoms with Crippen molar-refractivity contribution < 1.29 is 9.53 Å². The molecule has 3 heterocycles. The minimum atomic E-state index is -0.0733. The largest absolute Gasteiger partial charge is 0.379 e. The molecule has 2 N–H and O–H groups in total. The van der Waals surface area contributed by atoms with Gasteiger partial charge in [0.15, 0.2) is 0 Å². The smallest absolute Gasteiger partial charge is 0.317 e. The van der Waals surface area contributed by atoms with E-state index in [4.69, 9.17) is 4.74 Å². The third-order valence-electron chi connectivity index (χ3n) is 5.57. The summed E-state index contributed by atoms with van der Waals surface area (Å²) in [6.45, 7) is 13.2. The summed E-state index contributed by atoms with van der Waals surface area (Å²) in [5.41, 5.74) is 3.17. The summed E-state index contributed by atoms with van der Waals surface area (Å²) in [5.74, 6) is 0. The van der Waals surface area contributed by atoms with Gasteiger partial charge < -0.3 is 15.0 Å². The van der Waals surface area contributed by atoms with Crippen LogP contribution in [0.1, 0.15) is 49.7 Å². The van der Waals surface area contributed by atoms with Crippen molar-refractivity contribution in [3.63, 3.8) is 0 Å². The van der Waals surface area contributed by atoms with Crippen LogP contribution in [-0.2, 0) is 4.74 Å². The maximum Gasteiger partial charge on any atom is 0.317 e. The van der Waals surface area contributed by atoms with Crippen molar-refractivity contribution in [3.05, 3.63) is 17.0 Å². The van der Waals surface area contributed by atoms with Crippen LogP contribution in [0.15, 0.2) is 0 Å². The van der Waals surface area contributed by atoms with Crippen LogP contribution in [0.25, 0.3) is 0 Å². The number of carbonyl (C=O) groups excluding carboxylic acids is 1. The van der Waals surface area contributed by atoms with Crippen LogP contribution in [0, 0.1) is 13.8 Å². The van der Waals surface area contributed by atoms with Crippen LogP contribution < -0.4 is 5.32 Å². The van der Waals surface area contributed by atoms with Crippen molar-refractivity contribution in [1.82, 2.24) is 25.3 Å².